The smallest absolute Gasteiger partial charge is 0.242 e. The third kappa shape index (κ3) is 7.02. The fraction of sp³-hybridized carbons (Fsp3) is 0.222. The van der Waals surface area contributed by atoms with Gasteiger partial charge in [0.1, 0.15) is 0 Å². The highest BCUT2D eigenvalue weighted by Gasteiger charge is 2.51. The number of halogens is 6. The minimum absolute atomic E-state index is 0.393. The average molecular weight is 652 g/mol. The van der Waals surface area contributed by atoms with Crippen LogP contribution in [0.2, 0.25) is 0 Å². The number of hydrogen-bond acceptors (Lipinski definition) is 4. The Morgan fingerprint density at radius 3 is 1.29 bits per heavy atom. The first-order valence-corrected chi connectivity index (χ1v) is 11.5. The van der Waals surface area contributed by atoms with Gasteiger partial charge in [-0.05, 0) is 38.1 Å². The maximum absolute atomic E-state index is 11.5. The van der Waals surface area contributed by atoms with Crippen LogP contribution in [0.3, 0.4) is 0 Å². The summed E-state index contributed by atoms with van der Waals surface area (Å²) in [6.07, 6.45) is 0. The molecule has 2 heterocycles. The molecular weight excluding hydrogens is 638 g/mol. The van der Waals surface area contributed by atoms with Crippen LogP contribution in [0.4, 0.5) is 17.6 Å². The van der Waals surface area contributed by atoms with Gasteiger partial charge in [0.15, 0.2) is 0 Å². The van der Waals surface area contributed by atoms with Crippen LogP contribution in [0.5, 0.6) is 0 Å². The van der Waals surface area contributed by atoms with Crippen molar-refractivity contribution in [3.8, 4) is 0 Å². The van der Waals surface area contributed by atoms with E-state index < -0.39 is 7.86 Å². The minimum Gasteiger partial charge on any atom is -0.242 e. The summed E-state index contributed by atoms with van der Waals surface area (Å²) in [6, 6.07) is 16.4. The van der Waals surface area contributed by atoms with Crippen LogP contribution in [0.25, 0.3) is 20.4 Å². The van der Waals surface area contributed by atoms with Crippen LogP contribution in [-0.2, 0) is 0 Å². The van der Waals surface area contributed by atoms with Gasteiger partial charge in [0.05, 0.1) is 30.4 Å². The highest BCUT2D eigenvalue weighted by molar-refractivity contribution is 14.1. The van der Waals surface area contributed by atoms with E-state index in [1.54, 1.807) is 22.7 Å². The molecule has 150 valence electrons. The molecule has 0 aliphatic heterocycles. The Morgan fingerprint density at radius 2 is 1.00 bits per heavy atom. The number of para-hydroxylation sites is 2. The number of aromatic nitrogens is 2. The van der Waals surface area contributed by atoms with Gasteiger partial charge in [0.2, 0.25) is 0 Å². The minimum atomic E-state index is -3.94. The summed E-state index contributed by atoms with van der Waals surface area (Å²) in [4.78, 5) is 8.66. The molecule has 2 aromatic carbocycles. The summed E-state index contributed by atoms with van der Waals surface area (Å²) in [7, 11) is 0. The zero-order valence-corrected chi connectivity index (χ0v) is 20.5. The summed E-state index contributed by atoms with van der Waals surface area (Å²) in [5.41, 5.74) is 2.23. The molecule has 0 aliphatic carbocycles. The standard InChI is InChI=1S/2C8H7NS.C2F4I2/c2*1-6-9-7-4-2-3-5-8(7)10-6;3-1(4,7)2(5,6)8/h2*2-5H,1H3;. The molecule has 0 radical (unpaired) electrons. The predicted molar refractivity (Wildman–Crippen MR) is 127 cm³/mol. The summed E-state index contributed by atoms with van der Waals surface area (Å²) in [5.74, 6) is 0. The van der Waals surface area contributed by atoms with Gasteiger partial charge < -0.3 is 0 Å². The number of alkyl halides is 6. The maximum Gasteiger partial charge on any atom is 0.367 e. The number of fused-ring (bicyclic) bond motifs is 2. The molecule has 4 aromatic rings. The van der Waals surface area contributed by atoms with E-state index in [-0.39, 0.29) is 0 Å². The fourth-order valence-electron chi connectivity index (χ4n) is 1.97. The number of rotatable bonds is 1. The number of nitrogens with zero attached hydrogens (tertiary/aromatic N) is 2. The molecule has 2 aromatic heterocycles. The fourth-order valence-corrected chi connectivity index (χ4v) is 3.63. The molecule has 0 unspecified atom stereocenters. The summed E-state index contributed by atoms with van der Waals surface area (Å²) < 4.78 is 40.5. The van der Waals surface area contributed by atoms with Crippen molar-refractivity contribution in [2.75, 3.05) is 0 Å². The Morgan fingerprint density at radius 1 is 0.679 bits per heavy atom. The third-order valence-corrected chi connectivity index (χ3v) is 7.41. The summed E-state index contributed by atoms with van der Waals surface area (Å²) in [6.45, 7) is 4.06. The molecule has 0 fully saturated rings. The largest absolute Gasteiger partial charge is 0.367 e. The number of hydrogen-bond donors (Lipinski definition) is 0. The van der Waals surface area contributed by atoms with E-state index in [0.29, 0.717) is 45.2 Å². The van der Waals surface area contributed by atoms with E-state index in [9.17, 15) is 17.6 Å². The molecule has 0 saturated heterocycles. The Kier molecular flexibility index (Phi) is 8.40. The summed E-state index contributed by atoms with van der Waals surface area (Å²) in [5, 5.41) is 2.28. The maximum atomic E-state index is 11.5. The molecule has 0 bridgehead atoms. The van der Waals surface area contributed by atoms with Gasteiger partial charge in [-0.1, -0.05) is 24.3 Å². The molecule has 0 atom stereocenters. The van der Waals surface area contributed by atoms with Crippen LogP contribution in [0, 0.1) is 13.8 Å². The van der Waals surface area contributed by atoms with E-state index in [1.807, 2.05) is 50.2 Å². The van der Waals surface area contributed by atoms with Crippen LogP contribution in [0.1, 0.15) is 10.0 Å². The third-order valence-electron chi connectivity index (χ3n) is 3.12. The predicted octanol–water partition coefficient (Wildman–Crippen LogP) is 8.25. The molecule has 2 nitrogen and oxygen atoms in total. The highest BCUT2D eigenvalue weighted by Crippen LogP contribution is 2.44. The van der Waals surface area contributed by atoms with E-state index >= 15 is 0 Å². The lowest BCUT2D eigenvalue weighted by Crippen LogP contribution is -2.27. The summed E-state index contributed by atoms with van der Waals surface area (Å²) >= 11 is 4.27. The lowest BCUT2D eigenvalue weighted by atomic mass is 10.3. The molecule has 10 heteroatoms. The van der Waals surface area contributed by atoms with E-state index in [2.05, 4.69) is 22.1 Å². The molecule has 0 N–H and O–H groups in total. The van der Waals surface area contributed by atoms with Crippen molar-refractivity contribution in [1.82, 2.24) is 9.97 Å². The van der Waals surface area contributed by atoms with Gasteiger partial charge in [0.25, 0.3) is 0 Å². The van der Waals surface area contributed by atoms with Gasteiger partial charge in [-0.3, -0.25) is 0 Å². The van der Waals surface area contributed by atoms with Crippen molar-refractivity contribution in [1.29, 1.82) is 0 Å². The van der Waals surface area contributed by atoms with Crippen LogP contribution in [0.15, 0.2) is 48.5 Å². The van der Waals surface area contributed by atoms with Gasteiger partial charge in [-0.25, -0.2) is 9.97 Å². The normalized spacial score (nSPS) is 11.6. The lowest BCUT2D eigenvalue weighted by Gasteiger charge is -2.13. The molecule has 28 heavy (non-hydrogen) atoms. The van der Waals surface area contributed by atoms with Crippen molar-refractivity contribution in [3.63, 3.8) is 0 Å². The first-order valence-electron chi connectivity index (χ1n) is 7.75. The highest BCUT2D eigenvalue weighted by atomic mass is 127. The molecule has 0 amide bonds. The SMILES string of the molecule is Cc1nc2ccccc2s1.Cc1nc2ccccc2s1.FC(F)(I)C(F)(F)I. The Hall–Kier alpha value is -0.600. The second-order valence-electron chi connectivity index (χ2n) is 5.40. The Bertz CT molecular complexity index is 889. The first-order chi connectivity index (χ1) is 13.0. The van der Waals surface area contributed by atoms with Crippen LogP contribution >= 0.6 is 67.9 Å². The van der Waals surface area contributed by atoms with Crippen molar-refractivity contribution < 1.29 is 17.6 Å². The van der Waals surface area contributed by atoms with Gasteiger partial charge in [0, 0.05) is 45.2 Å². The van der Waals surface area contributed by atoms with Crippen molar-refractivity contribution >= 4 is 88.3 Å². The van der Waals surface area contributed by atoms with Crippen molar-refractivity contribution in [3.05, 3.63) is 58.5 Å². The molecular formula is C18H14F4I2N2S2. The van der Waals surface area contributed by atoms with Crippen molar-refractivity contribution in [2.45, 2.75) is 21.7 Å². The molecule has 0 aliphatic rings. The van der Waals surface area contributed by atoms with E-state index in [1.165, 1.54) is 9.40 Å². The zero-order valence-electron chi connectivity index (χ0n) is 14.6. The quantitative estimate of drug-likeness (QED) is 0.118. The Labute approximate surface area is 194 Å². The first kappa shape index (κ1) is 23.7. The van der Waals surface area contributed by atoms with Crippen LogP contribution in [-0.4, -0.2) is 17.8 Å². The second kappa shape index (κ2) is 9.94. The number of thiazole rings is 2. The molecule has 0 saturated carbocycles. The van der Waals surface area contributed by atoms with Crippen molar-refractivity contribution in [2.24, 2.45) is 0 Å². The average Bonchev–Trinajstić information content (AvgIpc) is 3.14. The molecule has 4 rings (SSSR count). The second-order valence-corrected chi connectivity index (χ2v) is 10.6. The lowest BCUT2D eigenvalue weighted by molar-refractivity contribution is -0.0561. The zero-order chi connectivity index (χ0) is 20.9. The van der Waals surface area contributed by atoms with E-state index in [4.69, 9.17) is 0 Å². The van der Waals surface area contributed by atoms with Gasteiger partial charge >= 0.3 is 7.86 Å². The molecule has 0 spiro atoms. The number of benzene rings is 2. The topological polar surface area (TPSA) is 25.8 Å². The Balaban J connectivity index is 0.000000152. The number of aryl methyl sites for hydroxylation is 2. The van der Waals surface area contributed by atoms with E-state index in [0.717, 1.165) is 21.0 Å². The monoisotopic (exact) mass is 652 g/mol. The van der Waals surface area contributed by atoms with Crippen LogP contribution < -0.4 is 0 Å². The van der Waals surface area contributed by atoms with Gasteiger partial charge in [-0.2, -0.15) is 17.6 Å². The van der Waals surface area contributed by atoms with Gasteiger partial charge in [-0.15, -0.1) is 22.7 Å².